The largest absolute Gasteiger partial charge is 0.457 e. The van der Waals surface area contributed by atoms with Gasteiger partial charge in [-0.05, 0) is 5.56 Å². The molecule has 0 bridgehead atoms. The quantitative estimate of drug-likeness (QED) is 0.625. The lowest BCUT2D eigenvalue weighted by Crippen LogP contribution is -2.19. The van der Waals surface area contributed by atoms with Crippen LogP contribution in [0.3, 0.4) is 0 Å². The van der Waals surface area contributed by atoms with Crippen LogP contribution in [-0.4, -0.2) is 24.3 Å². The number of hydrogen-bond acceptors (Lipinski definition) is 4. The fourth-order valence-corrected chi connectivity index (χ4v) is 1.29. The van der Waals surface area contributed by atoms with E-state index < -0.39 is 5.97 Å². The number of rotatable bonds is 5. The smallest absolute Gasteiger partial charge is 0.303 e. The van der Waals surface area contributed by atoms with Crippen LogP contribution in [0.2, 0.25) is 0 Å². The summed E-state index contributed by atoms with van der Waals surface area (Å²) < 4.78 is 4.62. The summed E-state index contributed by atoms with van der Waals surface area (Å²) in [6, 6.07) is 6.78. The molecule has 1 amide bonds. The van der Waals surface area contributed by atoms with E-state index >= 15 is 0 Å². The number of ketones is 1. The van der Waals surface area contributed by atoms with Gasteiger partial charge >= 0.3 is 5.97 Å². The maximum absolute atomic E-state index is 11.6. The van der Waals surface area contributed by atoms with E-state index in [0.717, 1.165) is 5.56 Å². The van der Waals surface area contributed by atoms with E-state index in [0.29, 0.717) is 12.1 Å². The predicted molar refractivity (Wildman–Crippen MR) is 64.9 cm³/mol. The zero-order valence-corrected chi connectivity index (χ0v) is 10.4. The number of carbonyl (C=O) groups excluding carboxylic acids is 3. The molecule has 0 heterocycles. The molecule has 18 heavy (non-hydrogen) atoms. The van der Waals surface area contributed by atoms with Crippen LogP contribution in [0.4, 0.5) is 0 Å². The van der Waals surface area contributed by atoms with Gasteiger partial charge in [0, 0.05) is 26.0 Å². The average Bonchev–Trinajstić information content (AvgIpc) is 2.34. The Hall–Kier alpha value is -2.17. The summed E-state index contributed by atoms with van der Waals surface area (Å²) in [4.78, 5) is 32.9. The Balaban J connectivity index is 2.56. The molecule has 0 atom stereocenters. The van der Waals surface area contributed by atoms with Crippen molar-refractivity contribution < 1.29 is 19.1 Å². The van der Waals surface area contributed by atoms with Gasteiger partial charge in [-0.1, -0.05) is 24.3 Å². The first-order valence-corrected chi connectivity index (χ1v) is 5.49. The minimum Gasteiger partial charge on any atom is -0.457 e. The topological polar surface area (TPSA) is 72.5 Å². The summed E-state index contributed by atoms with van der Waals surface area (Å²) in [5.74, 6) is -0.841. The molecular weight excluding hydrogens is 234 g/mol. The van der Waals surface area contributed by atoms with Crippen LogP contribution < -0.4 is 5.32 Å². The summed E-state index contributed by atoms with van der Waals surface area (Å²) in [5, 5.41) is 2.66. The van der Waals surface area contributed by atoms with Gasteiger partial charge in [0.25, 0.3) is 0 Å². The maximum atomic E-state index is 11.6. The molecule has 96 valence electrons. The number of carbonyl (C=O) groups is 3. The minimum atomic E-state index is -0.481. The van der Waals surface area contributed by atoms with Crippen LogP contribution in [0.5, 0.6) is 0 Å². The highest BCUT2D eigenvalue weighted by atomic mass is 16.5. The number of hydrogen-bond donors (Lipinski definition) is 1. The Bertz CT molecular complexity index is 451. The molecule has 0 aromatic heterocycles. The summed E-state index contributed by atoms with van der Waals surface area (Å²) in [7, 11) is 0. The first kappa shape index (κ1) is 13.9. The summed E-state index contributed by atoms with van der Waals surface area (Å²) in [6.45, 7) is 2.87. The van der Waals surface area contributed by atoms with Crippen molar-refractivity contribution >= 4 is 17.7 Å². The third-order valence-electron chi connectivity index (χ3n) is 2.22. The molecule has 0 aliphatic carbocycles. The van der Waals surface area contributed by atoms with Crippen molar-refractivity contribution in [2.45, 2.75) is 20.4 Å². The molecule has 0 radical (unpaired) electrons. The normalized spacial score (nSPS) is 9.67. The van der Waals surface area contributed by atoms with Crippen LogP contribution in [0.15, 0.2) is 24.3 Å². The van der Waals surface area contributed by atoms with Crippen molar-refractivity contribution in [3.05, 3.63) is 35.4 Å². The number of esters is 1. The van der Waals surface area contributed by atoms with E-state index in [1.807, 2.05) is 0 Å². The van der Waals surface area contributed by atoms with Gasteiger partial charge in [0.15, 0.2) is 12.4 Å². The summed E-state index contributed by atoms with van der Waals surface area (Å²) in [6.07, 6.45) is 0. The van der Waals surface area contributed by atoms with Gasteiger partial charge in [0.1, 0.15) is 0 Å². The van der Waals surface area contributed by atoms with Crippen molar-refractivity contribution in [3.63, 3.8) is 0 Å². The molecule has 0 aliphatic heterocycles. The van der Waals surface area contributed by atoms with Gasteiger partial charge in [-0.25, -0.2) is 0 Å². The lowest BCUT2D eigenvalue weighted by molar-refractivity contribution is -0.139. The fourth-order valence-electron chi connectivity index (χ4n) is 1.29. The first-order valence-electron chi connectivity index (χ1n) is 5.49. The molecule has 0 aliphatic rings. The Morgan fingerprint density at radius 2 is 1.72 bits per heavy atom. The van der Waals surface area contributed by atoms with Crippen LogP contribution in [0.1, 0.15) is 29.8 Å². The standard InChI is InChI=1S/C13H15NO4/c1-9(15)14-7-11-3-5-12(6-4-11)13(17)8-18-10(2)16/h3-6H,7-8H2,1-2H3,(H,14,15). The van der Waals surface area contributed by atoms with Crippen molar-refractivity contribution in [1.82, 2.24) is 5.32 Å². The summed E-state index contributed by atoms with van der Waals surface area (Å²) >= 11 is 0. The summed E-state index contributed by atoms with van der Waals surface area (Å²) in [5.41, 5.74) is 1.37. The van der Waals surface area contributed by atoms with E-state index in [2.05, 4.69) is 10.1 Å². The fraction of sp³-hybridized carbons (Fsp3) is 0.308. The van der Waals surface area contributed by atoms with Gasteiger partial charge in [0.05, 0.1) is 0 Å². The molecule has 0 saturated carbocycles. The van der Waals surface area contributed by atoms with Gasteiger partial charge in [-0.15, -0.1) is 0 Å². The molecule has 1 aromatic carbocycles. The van der Waals surface area contributed by atoms with Gasteiger partial charge in [0.2, 0.25) is 5.91 Å². The van der Waals surface area contributed by atoms with E-state index in [9.17, 15) is 14.4 Å². The predicted octanol–water partition coefficient (Wildman–Crippen LogP) is 1.07. The lowest BCUT2D eigenvalue weighted by Gasteiger charge is -2.04. The Labute approximate surface area is 105 Å². The molecule has 5 nitrogen and oxygen atoms in total. The molecule has 1 N–H and O–H groups in total. The maximum Gasteiger partial charge on any atom is 0.303 e. The molecule has 1 rings (SSSR count). The SMILES string of the molecule is CC(=O)NCc1ccc(C(=O)COC(C)=O)cc1. The Morgan fingerprint density at radius 3 is 2.22 bits per heavy atom. The molecule has 0 unspecified atom stereocenters. The number of nitrogens with one attached hydrogen (secondary N) is 1. The molecule has 1 aromatic rings. The second-order valence-electron chi connectivity index (χ2n) is 3.81. The van der Waals surface area contributed by atoms with Crippen LogP contribution in [-0.2, 0) is 20.9 Å². The van der Waals surface area contributed by atoms with Crippen molar-refractivity contribution in [2.75, 3.05) is 6.61 Å². The highest BCUT2D eigenvalue weighted by Crippen LogP contribution is 2.05. The van der Waals surface area contributed by atoms with Crippen LogP contribution in [0.25, 0.3) is 0 Å². The lowest BCUT2D eigenvalue weighted by atomic mass is 10.1. The molecule has 0 saturated heterocycles. The van der Waals surface area contributed by atoms with Crippen molar-refractivity contribution in [1.29, 1.82) is 0 Å². The van der Waals surface area contributed by atoms with Gasteiger partial charge < -0.3 is 10.1 Å². The Kier molecular flexibility index (Phi) is 5.05. The van der Waals surface area contributed by atoms with E-state index in [1.165, 1.54) is 13.8 Å². The zero-order valence-electron chi connectivity index (χ0n) is 10.4. The zero-order chi connectivity index (χ0) is 13.5. The van der Waals surface area contributed by atoms with Crippen LogP contribution in [0, 0.1) is 0 Å². The Morgan fingerprint density at radius 1 is 1.11 bits per heavy atom. The first-order chi connectivity index (χ1) is 8.49. The highest BCUT2D eigenvalue weighted by molar-refractivity contribution is 5.97. The monoisotopic (exact) mass is 249 g/mol. The molecule has 0 fully saturated rings. The number of ether oxygens (including phenoxy) is 1. The van der Waals surface area contributed by atoms with E-state index in [-0.39, 0.29) is 18.3 Å². The average molecular weight is 249 g/mol. The number of Topliss-reactive ketones (excluding diaryl/α,β-unsaturated/α-hetero) is 1. The third-order valence-corrected chi connectivity index (χ3v) is 2.22. The van der Waals surface area contributed by atoms with Gasteiger partial charge in [-0.3, -0.25) is 14.4 Å². The third kappa shape index (κ3) is 4.78. The second kappa shape index (κ2) is 6.54. The van der Waals surface area contributed by atoms with Crippen molar-refractivity contribution in [3.8, 4) is 0 Å². The van der Waals surface area contributed by atoms with Crippen LogP contribution >= 0.6 is 0 Å². The molecular formula is C13H15NO4. The van der Waals surface area contributed by atoms with E-state index in [1.54, 1.807) is 24.3 Å². The second-order valence-corrected chi connectivity index (χ2v) is 3.81. The minimum absolute atomic E-state index is 0.106. The number of amides is 1. The molecule has 0 spiro atoms. The highest BCUT2D eigenvalue weighted by Gasteiger charge is 2.07. The van der Waals surface area contributed by atoms with E-state index in [4.69, 9.17) is 0 Å². The van der Waals surface area contributed by atoms with Gasteiger partial charge in [-0.2, -0.15) is 0 Å². The van der Waals surface area contributed by atoms with Crippen molar-refractivity contribution in [2.24, 2.45) is 0 Å². The number of benzene rings is 1. The molecule has 5 heteroatoms.